The van der Waals surface area contributed by atoms with Crippen molar-refractivity contribution in [3.05, 3.63) is 22.9 Å². The van der Waals surface area contributed by atoms with E-state index < -0.39 is 0 Å². The van der Waals surface area contributed by atoms with E-state index in [0.717, 1.165) is 16.8 Å². The zero-order valence-electron chi connectivity index (χ0n) is 6.88. The van der Waals surface area contributed by atoms with Crippen LogP contribution in [0, 0.1) is 0 Å². The topological polar surface area (TPSA) is 34.1 Å². The Morgan fingerprint density at radius 3 is 3.17 bits per heavy atom. The Balaban J connectivity index is 2.46. The second kappa shape index (κ2) is 5.11. The van der Waals surface area contributed by atoms with Crippen LogP contribution in [0.4, 0.5) is 5.69 Å². The summed E-state index contributed by atoms with van der Waals surface area (Å²) in [7, 11) is 1.68. The molecular formula is C8H11BrN2O. The highest BCUT2D eigenvalue weighted by molar-refractivity contribution is 9.10. The lowest BCUT2D eigenvalue weighted by Crippen LogP contribution is -2.08. The fourth-order valence-electron chi connectivity index (χ4n) is 0.806. The van der Waals surface area contributed by atoms with Crippen LogP contribution < -0.4 is 5.32 Å². The molecule has 0 bridgehead atoms. The highest BCUT2D eigenvalue weighted by Crippen LogP contribution is 2.17. The summed E-state index contributed by atoms with van der Waals surface area (Å²) < 4.78 is 5.74. The van der Waals surface area contributed by atoms with E-state index in [2.05, 4.69) is 26.2 Å². The molecule has 0 aliphatic heterocycles. The maximum atomic E-state index is 4.91. The Labute approximate surface area is 80.3 Å². The Kier molecular flexibility index (Phi) is 4.04. The van der Waals surface area contributed by atoms with Crippen LogP contribution in [0.1, 0.15) is 0 Å². The Hall–Kier alpha value is -0.610. The number of rotatable bonds is 4. The summed E-state index contributed by atoms with van der Waals surface area (Å²) in [4.78, 5) is 4.07. The molecule has 0 unspecified atom stereocenters. The molecule has 12 heavy (non-hydrogen) atoms. The molecule has 1 aromatic rings. The van der Waals surface area contributed by atoms with Gasteiger partial charge in [-0.3, -0.25) is 0 Å². The molecule has 0 saturated carbocycles. The molecule has 0 spiro atoms. The van der Waals surface area contributed by atoms with Gasteiger partial charge in [0.25, 0.3) is 0 Å². The quantitative estimate of drug-likeness (QED) is 0.634. The molecule has 0 fully saturated rings. The Morgan fingerprint density at radius 1 is 1.67 bits per heavy atom. The molecule has 0 atom stereocenters. The van der Waals surface area contributed by atoms with Gasteiger partial charge in [0.05, 0.1) is 12.3 Å². The van der Waals surface area contributed by atoms with Gasteiger partial charge in [0.2, 0.25) is 0 Å². The minimum atomic E-state index is 0.696. The van der Waals surface area contributed by atoms with E-state index >= 15 is 0 Å². The number of aromatic nitrogens is 1. The highest BCUT2D eigenvalue weighted by atomic mass is 79.9. The first-order chi connectivity index (χ1) is 5.84. The van der Waals surface area contributed by atoms with Crippen molar-refractivity contribution in [3.63, 3.8) is 0 Å². The summed E-state index contributed by atoms with van der Waals surface area (Å²) in [5.41, 5.74) is 0.995. The molecule has 1 rings (SSSR count). The monoisotopic (exact) mass is 230 g/mol. The molecule has 0 saturated heterocycles. The summed E-state index contributed by atoms with van der Waals surface area (Å²) >= 11 is 3.33. The number of nitrogens with one attached hydrogen (secondary N) is 1. The second-order valence-electron chi connectivity index (χ2n) is 2.26. The van der Waals surface area contributed by atoms with E-state index in [-0.39, 0.29) is 0 Å². The maximum Gasteiger partial charge on any atom is 0.129 e. The smallest absolute Gasteiger partial charge is 0.129 e. The van der Waals surface area contributed by atoms with E-state index in [1.807, 2.05) is 12.1 Å². The van der Waals surface area contributed by atoms with Gasteiger partial charge in [0.15, 0.2) is 0 Å². The van der Waals surface area contributed by atoms with Gasteiger partial charge in [-0.2, -0.15) is 0 Å². The van der Waals surface area contributed by atoms with Gasteiger partial charge in [-0.1, -0.05) is 0 Å². The van der Waals surface area contributed by atoms with Crippen molar-refractivity contribution in [3.8, 4) is 0 Å². The van der Waals surface area contributed by atoms with Crippen LogP contribution in [0.5, 0.6) is 0 Å². The zero-order chi connectivity index (χ0) is 8.81. The number of hydrogen-bond acceptors (Lipinski definition) is 3. The molecule has 1 N–H and O–H groups in total. The maximum absolute atomic E-state index is 4.91. The van der Waals surface area contributed by atoms with Crippen molar-refractivity contribution < 1.29 is 4.74 Å². The van der Waals surface area contributed by atoms with Crippen LogP contribution in [0.25, 0.3) is 0 Å². The zero-order valence-corrected chi connectivity index (χ0v) is 8.47. The van der Waals surface area contributed by atoms with Gasteiger partial charge in [0.1, 0.15) is 4.60 Å². The fourth-order valence-corrected chi connectivity index (χ4v) is 1.20. The number of pyridine rings is 1. The lowest BCUT2D eigenvalue weighted by atomic mass is 10.4. The number of ether oxygens (including phenoxy) is 1. The van der Waals surface area contributed by atoms with Crippen molar-refractivity contribution in [1.82, 2.24) is 4.98 Å². The predicted molar refractivity (Wildman–Crippen MR) is 52.3 cm³/mol. The first-order valence-electron chi connectivity index (χ1n) is 3.68. The van der Waals surface area contributed by atoms with Crippen molar-refractivity contribution in [2.24, 2.45) is 0 Å². The van der Waals surface area contributed by atoms with Crippen LogP contribution in [0.3, 0.4) is 0 Å². The summed E-state index contributed by atoms with van der Waals surface area (Å²) in [6, 6.07) is 3.85. The molecule has 1 aromatic heterocycles. The summed E-state index contributed by atoms with van der Waals surface area (Å²) in [5.74, 6) is 0. The third-order valence-corrected chi connectivity index (χ3v) is 2.01. The van der Waals surface area contributed by atoms with Gasteiger partial charge in [0, 0.05) is 19.9 Å². The van der Waals surface area contributed by atoms with Crippen LogP contribution in [-0.4, -0.2) is 25.2 Å². The van der Waals surface area contributed by atoms with Crippen molar-refractivity contribution in [2.45, 2.75) is 0 Å². The van der Waals surface area contributed by atoms with Crippen molar-refractivity contribution >= 4 is 21.6 Å². The van der Waals surface area contributed by atoms with E-state index in [1.54, 1.807) is 13.3 Å². The number of methoxy groups -OCH3 is 1. The van der Waals surface area contributed by atoms with Crippen LogP contribution >= 0.6 is 15.9 Å². The molecule has 0 amide bonds. The number of nitrogens with zero attached hydrogens (tertiary/aromatic N) is 1. The van der Waals surface area contributed by atoms with Gasteiger partial charge in [-0.25, -0.2) is 4.98 Å². The third kappa shape index (κ3) is 2.79. The summed E-state index contributed by atoms with van der Waals surface area (Å²) in [6.45, 7) is 1.49. The molecular weight excluding hydrogens is 220 g/mol. The number of hydrogen-bond donors (Lipinski definition) is 1. The van der Waals surface area contributed by atoms with Crippen LogP contribution in [0.15, 0.2) is 22.9 Å². The van der Waals surface area contributed by atoms with Gasteiger partial charge in [-0.15, -0.1) is 0 Å². The molecule has 1 heterocycles. The lowest BCUT2D eigenvalue weighted by Gasteiger charge is -2.05. The molecule has 0 aliphatic carbocycles. The van der Waals surface area contributed by atoms with Crippen molar-refractivity contribution in [2.75, 3.05) is 25.6 Å². The second-order valence-corrected chi connectivity index (χ2v) is 3.01. The molecule has 0 aromatic carbocycles. The molecule has 3 nitrogen and oxygen atoms in total. The number of halogens is 1. The standard InChI is InChI=1S/C8H11BrN2O/c1-12-6-5-10-7-3-2-4-11-8(7)9/h2-4,10H,5-6H2,1H3. The largest absolute Gasteiger partial charge is 0.383 e. The first-order valence-corrected chi connectivity index (χ1v) is 4.47. The average molecular weight is 231 g/mol. The van der Waals surface area contributed by atoms with Gasteiger partial charge in [-0.05, 0) is 28.1 Å². The predicted octanol–water partition coefficient (Wildman–Crippen LogP) is 1.90. The van der Waals surface area contributed by atoms with E-state index in [1.165, 1.54) is 0 Å². The van der Waals surface area contributed by atoms with Gasteiger partial charge < -0.3 is 10.1 Å². The van der Waals surface area contributed by atoms with E-state index in [0.29, 0.717) is 6.61 Å². The molecule has 0 aliphatic rings. The SMILES string of the molecule is COCCNc1cccnc1Br. The van der Waals surface area contributed by atoms with Gasteiger partial charge >= 0.3 is 0 Å². The summed E-state index contributed by atoms with van der Waals surface area (Å²) in [5, 5.41) is 3.18. The van der Waals surface area contributed by atoms with Crippen molar-refractivity contribution in [1.29, 1.82) is 0 Å². The van der Waals surface area contributed by atoms with Crippen LogP contribution in [0.2, 0.25) is 0 Å². The lowest BCUT2D eigenvalue weighted by molar-refractivity contribution is 0.211. The summed E-state index contributed by atoms with van der Waals surface area (Å²) in [6.07, 6.45) is 1.74. The number of anilines is 1. The van der Waals surface area contributed by atoms with E-state index in [9.17, 15) is 0 Å². The Bertz CT molecular complexity index is 242. The third-order valence-electron chi connectivity index (χ3n) is 1.38. The highest BCUT2D eigenvalue weighted by Gasteiger charge is 1.96. The van der Waals surface area contributed by atoms with E-state index in [4.69, 9.17) is 4.74 Å². The average Bonchev–Trinajstić information content (AvgIpc) is 2.09. The fraction of sp³-hybridized carbons (Fsp3) is 0.375. The minimum Gasteiger partial charge on any atom is -0.383 e. The Morgan fingerprint density at radius 2 is 2.50 bits per heavy atom. The molecule has 0 radical (unpaired) electrons. The molecule has 4 heteroatoms. The first kappa shape index (κ1) is 9.48. The normalized spacial score (nSPS) is 9.83. The molecule has 66 valence electrons. The minimum absolute atomic E-state index is 0.696. The van der Waals surface area contributed by atoms with Crippen LogP contribution in [-0.2, 0) is 4.74 Å².